The molecule has 0 saturated carbocycles. The maximum absolute atomic E-state index is 13.0. The van der Waals surface area contributed by atoms with Crippen LogP contribution in [0.4, 0.5) is 11.4 Å². The molecule has 0 saturated heterocycles. The number of hydrogen-bond donors (Lipinski definition) is 2. The summed E-state index contributed by atoms with van der Waals surface area (Å²) in [4.78, 5) is 11.3. The molecular weight excluding hydrogens is 464 g/mol. The minimum absolute atomic E-state index is 0.0870. The van der Waals surface area contributed by atoms with Gasteiger partial charge in [-0.25, -0.2) is 8.42 Å². The molecule has 4 aromatic rings. The number of aromatic nitrogens is 2. The van der Waals surface area contributed by atoms with E-state index in [9.17, 15) is 13.2 Å². The summed E-state index contributed by atoms with van der Waals surface area (Å²) in [6.45, 7) is 5.42. The molecule has 9 heteroatoms. The molecule has 35 heavy (non-hydrogen) atoms. The average molecular weight is 491 g/mol. The van der Waals surface area contributed by atoms with Gasteiger partial charge in [0.15, 0.2) is 0 Å². The number of ether oxygens (including phenoxy) is 1. The minimum Gasteiger partial charge on any atom is -0.457 e. The minimum atomic E-state index is -3.84. The Kier molecular flexibility index (Phi) is 6.88. The van der Waals surface area contributed by atoms with Crippen molar-refractivity contribution in [2.75, 3.05) is 10.0 Å². The number of aryl methyl sites for hydroxylation is 1. The maximum Gasteiger partial charge on any atom is 0.262 e. The van der Waals surface area contributed by atoms with Crippen LogP contribution in [0.2, 0.25) is 0 Å². The number of benzene rings is 3. The van der Waals surface area contributed by atoms with Crippen molar-refractivity contribution in [3.05, 3.63) is 95.8 Å². The summed E-state index contributed by atoms with van der Waals surface area (Å²) < 4.78 is 36.3. The topological polar surface area (TPSA) is 102 Å². The van der Waals surface area contributed by atoms with E-state index in [0.29, 0.717) is 35.1 Å². The van der Waals surface area contributed by atoms with Gasteiger partial charge >= 0.3 is 0 Å². The summed E-state index contributed by atoms with van der Waals surface area (Å²) in [5.74, 6) is 1.23. The molecule has 0 radical (unpaired) electrons. The number of anilines is 2. The third kappa shape index (κ3) is 5.88. The fourth-order valence-corrected chi connectivity index (χ4v) is 4.79. The van der Waals surface area contributed by atoms with E-state index in [1.54, 1.807) is 23.7 Å². The molecule has 1 amide bonds. The summed E-state index contributed by atoms with van der Waals surface area (Å²) in [5, 5.41) is 7.16. The van der Waals surface area contributed by atoms with E-state index in [-0.39, 0.29) is 10.8 Å². The normalized spacial score (nSPS) is 11.2. The van der Waals surface area contributed by atoms with Crippen LogP contribution in [0.15, 0.2) is 83.8 Å². The van der Waals surface area contributed by atoms with Gasteiger partial charge in [0.2, 0.25) is 5.91 Å². The number of para-hydroxylation sites is 1. The molecule has 0 aliphatic heterocycles. The van der Waals surface area contributed by atoms with Gasteiger partial charge in [0.1, 0.15) is 11.5 Å². The zero-order valence-corrected chi connectivity index (χ0v) is 20.5. The van der Waals surface area contributed by atoms with Crippen LogP contribution in [-0.2, 0) is 21.4 Å². The molecule has 0 atom stereocenters. The third-order valence-electron chi connectivity index (χ3n) is 5.31. The molecular formula is C26H26N4O4S. The first kappa shape index (κ1) is 24.0. The Morgan fingerprint density at radius 2 is 1.63 bits per heavy atom. The van der Waals surface area contributed by atoms with Gasteiger partial charge in [-0.05, 0) is 67.9 Å². The van der Waals surface area contributed by atoms with Crippen molar-refractivity contribution >= 4 is 27.3 Å². The van der Waals surface area contributed by atoms with Crippen LogP contribution >= 0.6 is 0 Å². The van der Waals surface area contributed by atoms with Crippen LogP contribution in [-0.4, -0.2) is 24.1 Å². The van der Waals surface area contributed by atoms with Crippen LogP contribution in [0.25, 0.3) is 0 Å². The Hall–Kier alpha value is -4.11. The van der Waals surface area contributed by atoms with Gasteiger partial charge in [-0.3, -0.25) is 14.2 Å². The van der Waals surface area contributed by atoms with E-state index in [4.69, 9.17) is 4.74 Å². The Morgan fingerprint density at radius 3 is 2.31 bits per heavy atom. The second-order valence-electron chi connectivity index (χ2n) is 8.08. The Balaban J connectivity index is 1.51. The fourth-order valence-electron chi connectivity index (χ4n) is 3.62. The summed E-state index contributed by atoms with van der Waals surface area (Å²) >= 11 is 0. The van der Waals surface area contributed by atoms with Gasteiger partial charge in [-0.15, -0.1) is 0 Å². The first-order valence-corrected chi connectivity index (χ1v) is 12.5. The molecule has 1 heterocycles. The Morgan fingerprint density at radius 1 is 0.943 bits per heavy atom. The third-order valence-corrected chi connectivity index (χ3v) is 6.68. The van der Waals surface area contributed by atoms with E-state index in [1.807, 2.05) is 61.5 Å². The lowest BCUT2D eigenvalue weighted by molar-refractivity contribution is -0.114. The number of hydrogen-bond acceptors (Lipinski definition) is 5. The number of sulfonamides is 1. The zero-order valence-electron chi connectivity index (χ0n) is 19.6. The van der Waals surface area contributed by atoms with Gasteiger partial charge < -0.3 is 10.1 Å². The monoisotopic (exact) mass is 490 g/mol. The molecule has 1 aromatic heterocycles. The second-order valence-corrected chi connectivity index (χ2v) is 9.76. The highest BCUT2D eigenvalue weighted by atomic mass is 32.2. The first-order chi connectivity index (χ1) is 16.7. The number of nitrogens with zero attached hydrogens (tertiary/aromatic N) is 2. The Labute approximate surface area is 204 Å². The second kappa shape index (κ2) is 10.0. The summed E-state index contributed by atoms with van der Waals surface area (Å²) in [6.07, 6.45) is 0. The van der Waals surface area contributed by atoms with E-state index >= 15 is 0 Å². The highest BCUT2D eigenvalue weighted by molar-refractivity contribution is 7.92. The molecule has 0 aliphatic carbocycles. The predicted molar refractivity (Wildman–Crippen MR) is 135 cm³/mol. The molecule has 180 valence electrons. The van der Waals surface area contributed by atoms with Crippen molar-refractivity contribution in [3.63, 3.8) is 0 Å². The van der Waals surface area contributed by atoms with Crippen LogP contribution in [0.3, 0.4) is 0 Å². The number of carbonyl (C=O) groups is 1. The zero-order chi connectivity index (χ0) is 25.0. The lowest BCUT2D eigenvalue weighted by Crippen LogP contribution is -2.14. The number of rotatable bonds is 8. The van der Waals surface area contributed by atoms with Crippen LogP contribution in [0.1, 0.15) is 23.9 Å². The quantitative estimate of drug-likeness (QED) is 0.358. The predicted octanol–water partition coefficient (Wildman–Crippen LogP) is 5.10. The Bertz CT molecular complexity index is 1450. The molecule has 3 aromatic carbocycles. The van der Waals surface area contributed by atoms with Crippen molar-refractivity contribution in [3.8, 4) is 11.5 Å². The molecule has 0 spiro atoms. The standard InChI is InChI=1S/C26H26N4O4S/c1-18-26(29-35(32,33)25-14-12-22(13-15-25)27-20(3)31)19(2)30(28-18)17-21-8-7-11-24(16-21)34-23-9-5-4-6-10-23/h4-16,29H,17H2,1-3H3,(H,27,31). The van der Waals surface area contributed by atoms with Crippen molar-refractivity contribution in [2.45, 2.75) is 32.2 Å². The van der Waals surface area contributed by atoms with E-state index < -0.39 is 10.0 Å². The molecule has 0 bridgehead atoms. The number of carbonyl (C=O) groups excluding carboxylic acids is 1. The fraction of sp³-hybridized carbons (Fsp3) is 0.154. The van der Waals surface area contributed by atoms with Gasteiger partial charge in [0.25, 0.3) is 10.0 Å². The number of nitrogens with one attached hydrogen (secondary N) is 2. The molecule has 0 fully saturated rings. The van der Waals surface area contributed by atoms with Gasteiger partial charge in [0.05, 0.1) is 28.5 Å². The molecule has 0 unspecified atom stereocenters. The SMILES string of the molecule is CC(=O)Nc1ccc(S(=O)(=O)Nc2c(C)nn(Cc3cccc(Oc4ccccc4)c3)c2C)cc1. The largest absolute Gasteiger partial charge is 0.457 e. The summed E-state index contributed by atoms with van der Waals surface area (Å²) in [5.41, 5.74) is 3.18. The van der Waals surface area contributed by atoms with Crippen molar-refractivity contribution in [2.24, 2.45) is 0 Å². The lowest BCUT2D eigenvalue weighted by Gasteiger charge is -2.11. The lowest BCUT2D eigenvalue weighted by atomic mass is 10.2. The van der Waals surface area contributed by atoms with Gasteiger partial charge in [0, 0.05) is 12.6 Å². The smallest absolute Gasteiger partial charge is 0.262 e. The molecule has 0 aliphatic rings. The average Bonchev–Trinajstić information content (AvgIpc) is 3.07. The molecule has 8 nitrogen and oxygen atoms in total. The van der Waals surface area contributed by atoms with Crippen molar-refractivity contribution in [1.82, 2.24) is 9.78 Å². The molecule has 4 rings (SSSR count). The maximum atomic E-state index is 13.0. The van der Waals surface area contributed by atoms with Gasteiger partial charge in [-0.2, -0.15) is 5.10 Å². The van der Waals surface area contributed by atoms with Crippen molar-refractivity contribution < 1.29 is 17.9 Å². The van der Waals surface area contributed by atoms with Gasteiger partial charge in [-0.1, -0.05) is 30.3 Å². The van der Waals surface area contributed by atoms with E-state index in [1.165, 1.54) is 19.1 Å². The van der Waals surface area contributed by atoms with Crippen LogP contribution in [0, 0.1) is 13.8 Å². The highest BCUT2D eigenvalue weighted by Gasteiger charge is 2.20. The van der Waals surface area contributed by atoms with Crippen LogP contribution in [0.5, 0.6) is 11.5 Å². The number of amides is 1. The first-order valence-electron chi connectivity index (χ1n) is 11.0. The van der Waals surface area contributed by atoms with Crippen molar-refractivity contribution in [1.29, 1.82) is 0 Å². The van der Waals surface area contributed by atoms with Crippen LogP contribution < -0.4 is 14.8 Å². The van der Waals surface area contributed by atoms with E-state index in [2.05, 4.69) is 15.1 Å². The summed E-state index contributed by atoms with van der Waals surface area (Å²) in [6, 6.07) is 23.2. The van der Waals surface area contributed by atoms with E-state index in [0.717, 1.165) is 11.3 Å². The highest BCUT2D eigenvalue weighted by Crippen LogP contribution is 2.26. The summed E-state index contributed by atoms with van der Waals surface area (Å²) in [7, 11) is -3.84. The molecule has 2 N–H and O–H groups in total.